The lowest BCUT2D eigenvalue weighted by Gasteiger charge is -2.28. The van der Waals surface area contributed by atoms with Crippen molar-refractivity contribution in [2.75, 3.05) is 26.2 Å². The number of fused-ring (bicyclic) bond motifs is 2. The number of amides is 2. The summed E-state index contributed by atoms with van der Waals surface area (Å²) in [7, 11) is -8.65. The van der Waals surface area contributed by atoms with E-state index >= 15 is 0 Å². The van der Waals surface area contributed by atoms with Gasteiger partial charge in [0.15, 0.2) is 0 Å². The molecule has 0 atom stereocenters. The number of likely N-dealkylation sites (tertiary alicyclic amines) is 1. The van der Waals surface area contributed by atoms with Gasteiger partial charge in [-0.3, -0.25) is 14.5 Å². The molecule has 0 aliphatic carbocycles. The minimum absolute atomic E-state index is 0.00532. The lowest BCUT2D eigenvalue weighted by Crippen LogP contribution is -2.41. The van der Waals surface area contributed by atoms with E-state index in [0.29, 0.717) is 28.4 Å². The van der Waals surface area contributed by atoms with Gasteiger partial charge in [-0.05, 0) is 74.5 Å². The number of nitrogens with zero attached hydrogens (tertiary/aromatic N) is 4. The molecule has 4 heterocycles. The van der Waals surface area contributed by atoms with E-state index in [-0.39, 0.29) is 38.9 Å². The van der Waals surface area contributed by atoms with E-state index in [4.69, 9.17) is 0 Å². The minimum atomic E-state index is -4.32. The molecular formula is C39H34N4O6S2. The summed E-state index contributed by atoms with van der Waals surface area (Å²) in [5.74, 6) is -1.37. The zero-order valence-electron chi connectivity index (χ0n) is 27.6. The summed E-state index contributed by atoms with van der Waals surface area (Å²) in [5.41, 5.74) is 0.217. The first kappa shape index (κ1) is 32.9. The first-order chi connectivity index (χ1) is 24.7. The second-order valence-corrected chi connectivity index (χ2v) is 16.3. The number of piperidine rings is 1. The highest BCUT2D eigenvalue weighted by molar-refractivity contribution is 7.90. The maximum atomic E-state index is 14.8. The molecule has 10 nitrogen and oxygen atoms in total. The molecule has 51 heavy (non-hydrogen) atoms. The minimum Gasteiger partial charge on any atom is -0.302 e. The smallest absolute Gasteiger partial charge is 0.268 e. The average molecular weight is 719 g/mol. The highest BCUT2D eigenvalue weighted by Gasteiger charge is 2.44. The fourth-order valence-corrected chi connectivity index (χ4v) is 10.3. The molecule has 2 aliphatic heterocycles. The van der Waals surface area contributed by atoms with Crippen molar-refractivity contribution < 1.29 is 26.4 Å². The molecule has 1 saturated heterocycles. The fraction of sp³-hybridized carbons (Fsp3) is 0.179. The van der Waals surface area contributed by atoms with E-state index in [1.54, 1.807) is 97.1 Å². The quantitative estimate of drug-likeness (QED) is 0.173. The lowest BCUT2D eigenvalue weighted by molar-refractivity contribution is -0.136. The van der Waals surface area contributed by atoms with Crippen molar-refractivity contribution in [2.24, 2.45) is 0 Å². The van der Waals surface area contributed by atoms with Crippen LogP contribution in [0.2, 0.25) is 0 Å². The number of carbonyl (C=O) groups excluding carboxylic acids is 2. The maximum absolute atomic E-state index is 14.8. The van der Waals surface area contributed by atoms with Crippen LogP contribution in [0.15, 0.2) is 131 Å². The first-order valence-corrected chi connectivity index (χ1v) is 19.7. The van der Waals surface area contributed by atoms with Crippen LogP contribution in [0.3, 0.4) is 0 Å². The van der Waals surface area contributed by atoms with Crippen LogP contribution in [-0.4, -0.2) is 72.6 Å². The molecule has 6 aromatic rings. The lowest BCUT2D eigenvalue weighted by atomic mass is 10.0. The van der Waals surface area contributed by atoms with E-state index in [1.165, 1.54) is 24.3 Å². The SMILES string of the molecule is O=C1C(c2cc3ccccc3n2S(=O)(=O)c2ccccc2)=C(c2cc3ccccc3n2S(=O)(=O)c2ccccc2)C(=O)N1CCN1CCCCC1. The van der Waals surface area contributed by atoms with Crippen LogP contribution in [0.4, 0.5) is 0 Å². The van der Waals surface area contributed by atoms with Crippen LogP contribution < -0.4 is 0 Å². The standard InChI is InChI=1S/C39H34N4O6S2/c44-38-36(34-26-28-14-8-10-20-32(28)42(34)50(46,47)30-16-4-1-5-17-30)37(39(45)41(38)25-24-40-22-12-3-13-23-40)35-27-29-15-9-11-21-33(29)43(35)51(48,49)31-18-6-2-7-19-31/h1-2,4-11,14-21,26-27H,3,12-13,22-25H2. The number of hydrogen-bond acceptors (Lipinski definition) is 7. The summed E-state index contributed by atoms with van der Waals surface area (Å²) in [4.78, 5) is 32.9. The summed E-state index contributed by atoms with van der Waals surface area (Å²) < 4.78 is 60.2. The molecule has 2 aliphatic rings. The zero-order valence-corrected chi connectivity index (χ0v) is 29.2. The number of para-hydroxylation sites is 2. The van der Waals surface area contributed by atoms with E-state index in [1.807, 2.05) is 0 Å². The molecule has 1 fully saturated rings. The summed E-state index contributed by atoms with van der Waals surface area (Å²) >= 11 is 0. The Morgan fingerprint density at radius 3 is 1.35 bits per heavy atom. The summed E-state index contributed by atoms with van der Waals surface area (Å²) in [6.45, 7) is 2.18. The van der Waals surface area contributed by atoms with Crippen molar-refractivity contribution in [3.63, 3.8) is 0 Å². The Hall–Kier alpha value is -5.30. The molecule has 8 rings (SSSR count). The van der Waals surface area contributed by atoms with Crippen LogP contribution >= 0.6 is 0 Å². The molecule has 0 radical (unpaired) electrons. The Kier molecular flexibility index (Phi) is 8.24. The van der Waals surface area contributed by atoms with Crippen molar-refractivity contribution in [1.29, 1.82) is 0 Å². The molecule has 2 amide bonds. The molecule has 0 N–H and O–H groups in total. The molecule has 0 bridgehead atoms. The summed E-state index contributed by atoms with van der Waals surface area (Å²) in [6.07, 6.45) is 3.16. The third-order valence-corrected chi connectivity index (χ3v) is 13.1. The van der Waals surface area contributed by atoms with Crippen molar-refractivity contribution in [3.05, 3.63) is 133 Å². The molecule has 2 aromatic heterocycles. The molecule has 258 valence electrons. The van der Waals surface area contributed by atoms with Crippen LogP contribution in [-0.2, 0) is 29.6 Å². The largest absolute Gasteiger partial charge is 0.302 e. The van der Waals surface area contributed by atoms with Gasteiger partial charge in [0.1, 0.15) is 0 Å². The van der Waals surface area contributed by atoms with Crippen LogP contribution in [0.5, 0.6) is 0 Å². The topological polar surface area (TPSA) is 119 Å². The Bertz CT molecular complexity index is 2420. The Morgan fingerprint density at radius 2 is 0.902 bits per heavy atom. The highest BCUT2D eigenvalue weighted by Crippen LogP contribution is 2.42. The number of imide groups is 1. The number of carbonyl (C=O) groups is 2. The van der Waals surface area contributed by atoms with Gasteiger partial charge >= 0.3 is 0 Å². The van der Waals surface area contributed by atoms with Crippen molar-refractivity contribution in [2.45, 2.75) is 29.1 Å². The van der Waals surface area contributed by atoms with Crippen molar-refractivity contribution >= 4 is 64.8 Å². The van der Waals surface area contributed by atoms with Gasteiger partial charge < -0.3 is 4.90 Å². The summed E-state index contributed by atoms with van der Waals surface area (Å²) in [6, 6.07) is 32.6. The second kappa shape index (κ2) is 12.8. The molecule has 0 saturated carbocycles. The van der Waals surface area contributed by atoms with E-state index in [9.17, 15) is 26.4 Å². The number of rotatable bonds is 9. The van der Waals surface area contributed by atoms with Gasteiger partial charge in [-0.15, -0.1) is 0 Å². The molecule has 4 aromatic carbocycles. The van der Waals surface area contributed by atoms with Gasteiger partial charge in [0.05, 0.1) is 43.4 Å². The number of aromatic nitrogens is 2. The van der Waals surface area contributed by atoms with Gasteiger partial charge in [0, 0.05) is 23.9 Å². The average Bonchev–Trinajstić information content (AvgIpc) is 3.81. The Morgan fingerprint density at radius 1 is 0.490 bits per heavy atom. The molecular weight excluding hydrogens is 685 g/mol. The molecule has 0 spiro atoms. The number of benzene rings is 4. The number of hydrogen-bond donors (Lipinski definition) is 0. The van der Waals surface area contributed by atoms with Gasteiger partial charge in [-0.25, -0.2) is 24.8 Å². The monoisotopic (exact) mass is 718 g/mol. The normalized spacial score (nSPS) is 16.2. The summed E-state index contributed by atoms with van der Waals surface area (Å²) in [5, 5.41) is 1.06. The fourth-order valence-electron chi connectivity index (χ4n) is 7.20. The van der Waals surface area contributed by atoms with Gasteiger partial charge in [0.25, 0.3) is 31.9 Å². The van der Waals surface area contributed by atoms with Crippen molar-refractivity contribution in [3.8, 4) is 0 Å². The maximum Gasteiger partial charge on any atom is 0.268 e. The third-order valence-electron chi connectivity index (χ3n) is 9.66. The van der Waals surface area contributed by atoms with Crippen molar-refractivity contribution in [1.82, 2.24) is 17.7 Å². The highest BCUT2D eigenvalue weighted by atomic mass is 32.2. The molecule has 12 heteroatoms. The van der Waals surface area contributed by atoms with Gasteiger partial charge in [0.2, 0.25) is 0 Å². The van der Waals surface area contributed by atoms with Crippen LogP contribution in [0.25, 0.3) is 33.0 Å². The zero-order chi connectivity index (χ0) is 35.3. The van der Waals surface area contributed by atoms with Crippen LogP contribution in [0, 0.1) is 0 Å². The Labute approximate surface area is 295 Å². The van der Waals surface area contributed by atoms with E-state index in [0.717, 1.165) is 45.2 Å². The predicted molar refractivity (Wildman–Crippen MR) is 196 cm³/mol. The van der Waals surface area contributed by atoms with Crippen LogP contribution in [0.1, 0.15) is 30.7 Å². The third kappa shape index (κ3) is 5.50. The first-order valence-electron chi connectivity index (χ1n) is 16.8. The predicted octanol–water partition coefficient (Wildman–Crippen LogP) is 5.84. The second-order valence-electron chi connectivity index (χ2n) is 12.8. The van der Waals surface area contributed by atoms with Gasteiger partial charge in [-0.2, -0.15) is 0 Å². The Balaban J connectivity index is 1.42. The van der Waals surface area contributed by atoms with E-state index < -0.39 is 31.9 Å². The van der Waals surface area contributed by atoms with E-state index in [2.05, 4.69) is 4.90 Å². The van der Waals surface area contributed by atoms with Gasteiger partial charge in [-0.1, -0.05) is 79.2 Å². The molecule has 0 unspecified atom stereocenters.